The first-order valence-electron chi connectivity index (χ1n) is 7.26. The number of carbonyl (C=O) groups excluding carboxylic acids is 1. The molecule has 0 saturated heterocycles. The van der Waals surface area contributed by atoms with Gasteiger partial charge >= 0.3 is 0 Å². The number of methoxy groups -OCH3 is 1. The molecule has 0 spiro atoms. The maximum absolute atomic E-state index is 13.2. The van der Waals surface area contributed by atoms with E-state index in [0.29, 0.717) is 17.9 Å². The molecule has 2 rings (SSSR count). The monoisotopic (exact) mass is 368 g/mol. The minimum atomic E-state index is -0.525. The fourth-order valence-corrected chi connectivity index (χ4v) is 2.79. The van der Waals surface area contributed by atoms with Gasteiger partial charge in [0.05, 0.1) is 11.6 Å². The Labute approximate surface area is 149 Å². The van der Waals surface area contributed by atoms with E-state index >= 15 is 0 Å². The Balaban J connectivity index is 2.01. The van der Waals surface area contributed by atoms with E-state index in [2.05, 4.69) is 10.0 Å². The molecule has 128 valence electrons. The zero-order valence-electron chi connectivity index (χ0n) is 13.3. The van der Waals surface area contributed by atoms with Crippen LogP contribution in [0.15, 0.2) is 42.5 Å². The minimum Gasteiger partial charge on any atom is -0.383 e. The van der Waals surface area contributed by atoms with Crippen LogP contribution in [0.1, 0.15) is 17.3 Å². The van der Waals surface area contributed by atoms with Crippen molar-refractivity contribution in [3.8, 4) is 0 Å². The number of benzene rings is 2. The van der Waals surface area contributed by atoms with Crippen LogP contribution in [-0.2, 0) is 4.74 Å². The zero-order chi connectivity index (χ0) is 17.5. The molecule has 0 heterocycles. The van der Waals surface area contributed by atoms with Crippen LogP contribution in [0.2, 0.25) is 5.02 Å². The van der Waals surface area contributed by atoms with Crippen molar-refractivity contribution in [1.29, 1.82) is 0 Å². The molecule has 0 aliphatic rings. The van der Waals surface area contributed by atoms with Crippen LogP contribution in [0.5, 0.6) is 0 Å². The van der Waals surface area contributed by atoms with Crippen molar-refractivity contribution in [2.45, 2.75) is 12.2 Å². The number of nitrogens with one attached hydrogen (secondary N) is 2. The maximum Gasteiger partial charge on any atom is 0.255 e. The Bertz CT molecular complexity index is 715. The lowest BCUT2D eigenvalue weighted by atomic mass is 10.2. The highest BCUT2D eigenvalue weighted by Crippen LogP contribution is 2.21. The third-order valence-electron chi connectivity index (χ3n) is 3.08. The summed E-state index contributed by atoms with van der Waals surface area (Å²) in [7, 11) is 1.66. The van der Waals surface area contributed by atoms with Crippen molar-refractivity contribution >= 4 is 40.8 Å². The van der Waals surface area contributed by atoms with Crippen molar-refractivity contribution < 1.29 is 13.9 Å². The van der Waals surface area contributed by atoms with Gasteiger partial charge in [0.15, 0.2) is 0 Å². The van der Waals surface area contributed by atoms with E-state index in [1.54, 1.807) is 25.3 Å². The molecule has 1 unspecified atom stereocenters. The molecular weight excluding hydrogens is 351 g/mol. The fourth-order valence-electron chi connectivity index (χ4n) is 1.94. The van der Waals surface area contributed by atoms with Gasteiger partial charge in [-0.1, -0.05) is 17.7 Å². The summed E-state index contributed by atoms with van der Waals surface area (Å²) in [4.78, 5) is 12.3. The van der Waals surface area contributed by atoms with Gasteiger partial charge < -0.3 is 14.8 Å². The Morgan fingerprint density at radius 1 is 1.29 bits per heavy atom. The number of carbonyl (C=O) groups is 1. The summed E-state index contributed by atoms with van der Waals surface area (Å²) in [5.41, 5.74) is 1.74. The normalized spacial score (nSPS) is 11.8. The van der Waals surface area contributed by atoms with Gasteiger partial charge in [0, 0.05) is 29.3 Å². The highest BCUT2D eigenvalue weighted by Gasteiger charge is 2.09. The summed E-state index contributed by atoms with van der Waals surface area (Å²) < 4.78 is 21.4. The molecule has 2 aromatic carbocycles. The van der Waals surface area contributed by atoms with Gasteiger partial charge in [-0.2, -0.15) is 0 Å². The van der Waals surface area contributed by atoms with Gasteiger partial charge in [0.25, 0.3) is 5.91 Å². The lowest BCUT2D eigenvalue weighted by Gasteiger charge is -2.12. The summed E-state index contributed by atoms with van der Waals surface area (Å²) >= 11 is 7.23. The Morgan fingerprint density at radius 2 is 2.08 bits per heavy atom. The van der Waals surface area contributed by atoms with E-state index < -0.39 is 5.82 Å². The van der Waals surface area contributed by atoms with Crippen molar-refractivity contribution in [1.82, 2.24) is 0 Å². The molecular formula is C17H18ClFN2O2S. The maximum atomic E-state index is 13.2. The van der Waals surface area contributed by atoms with E-state index in [9.17, 15) is 9.18 Å². The second-order valence-corrected chi connectivity index (χ2v) is 6.80. The van der Waals surface area contributed by atoms with Gasteiger partial charge in [-0.3, -0.25) is 4.79 Å². The van der Waals surface area contributed by atoms with Gasteiger partial charge in [-0.15, -0.1) is 0 Å². The van der Waals surface area contributed by atoms with Crippen LogP contribution >= 0.6 is 23.5 Å². The molecule has 0 radical (unpaired) electrons. The number of hydrogen-bond donors (Lipinski definition) is 2. The van der Waals surface area contributed by atoms with E-state index in [4.69, 9.17) is 16.3 Å². The molecule has 7 heteroatoms. The summed E-state index contributed by atoms with van der Waals surface area (Å²) in [6.45, 7) is 2.67. The molecule has 2 aromatic rings. The van der Waals surface area contributed by atoms with Crippen LogP contribution in [0.4, 0.5) is 15.8 Å². The standard InChI is InChI=1S/C17H18ClFN2O2S/c1-11(10-23-2)24-21-14-5-3-4-12(8-14)17(22)20-13-6-7-16(19)15(18)9-13/h3-9,11,21H,10H2,1-2H3,(H,20,22). The first-order valence-corrected chi connectivity index (χ1v) is 8.52. The molecule has 24 heavy (non-hydrogen) atoms. The fraction of sp³-hybridized carbons (Fsp3) is 0.235. The Hall–Kier alpha value is -1.76. The van der Waals surface area contributed by atoms with Crippen molar-refractivity contribution in [2.24, 2.45) is 0 Å². The van der Waals surface area contributed by atoms with Gasteiger partial charge in [0.1, 0.15) is 5.82 Å². The van der Waals surface area contributed by atoms with Crippen LogP contribution in [-0.4, -0.2) is 24.9 Å². The van der Waals surface area contributed by atoms with E-state index in [1.165, 1.54) is 30.1 Å². The van der Waals surface area contributed by atoms with Gasteiger partial charge in [-0.05, 0) is 55.3 Å². The average molecular weight is 369 g/mol. The lowest BCUT2D eigenvalue weighted by Crippen LogP contribution is -2.12. The molecule has 0 aromatic heterocycles. The quantitative estimate of drug-likeness (QED) is 0.687. The van der Waals surface area contributed by atoms with Crippen LogP contribution in [0.25, 0.3) is 0 Å². The Morgan fingerprint density at radius 3 is 2.79 bits per heavy atom. The van der Waals surface area contributed by atoms with Crippen molar-refractivity contribution in [3.05, 3.63) is 58.9 Å². The van der Waals surface area contributed by atoms with E-state index in [1.807, 2.05) is 13.0 Å². The summed E-state index contributed by atoms with van der Waals surface area (Å²) in [6, 6.07) is 11.2. The number of ether oxygens (including phenoxy) is 1. The number of halogens is 2. The molecule has 0 fully saturated rings. The zero-order valence-corrected chi connectivity index (χ0v) is 14.9. The predicted octanol–water partition coefficient (Wildman–Crippen LogP) is 4.83. The smallest absolute Gasteiger partial charge is 0.255 e. The molecule has 0 bridgehead atoms. The van der Waals surface area contributed by atoms with Crippen LogP contribution in [0.3, 0.4) is 0 Å². The number of anilines is 2. The van der Waals surface area contributed by atoms with Crippen molar-refractivity contribution in [2.75, 3.05) is 23.8 Å². The highest BCUT2D eigenvalue weighted by molar-refractivity contribution is 8.01. The summed E-state index contributed by atoms with van der Waals surface area (Å²) in [5, 5.41) is 2.93. The van der Waals surface area contributed by atoms with E-state index in [0.717, 1.165) is 5.69 Å². The predicted molar refractivity (Wildman–Crippen MR) is 98.4 cm³/mol. The molecule has 1 amide bonds. The highest BCUT2D eigenvalue weighted by atomic mass is 35.5. The van der Waals surface area contributed by atoms with Gasteiger partial charge in [0.2, 0.25) is 0 Å². The number of rotatable bonds is 7. The first-order chi connectivity index (χ1) is 11.5. The average Bonchev–Trinajstić information content (AvgIpc) is 2.57. The molecule has 0 aliphatic carbocycles. The first kappa shape index (κ1) is 18.6. The van der Waals surface area contributed by atoms with Crippen LogP contribution < -0.4 is 10.0 Å². The summed E-state index contributed by atoms with van der Waals surface area (Å²) in [5.74, 6) is -0.820. The largest absolute Gasteiger partial charge is 0.383 e. The molecule has 4 nitrogen and oxygen atoms in total. The third kappa shape index (κ3) is 5.40. The summed E-state index contributed by atoms with van der Waals surface area (Å²) in [6.07, 6.45) is 0. The van der Waals surface area contributed by atoms with Crippen LogP contribution in [0, 0.1) is 5.82 Å². The van der Waals surface area contributed by atoms with Gasteiger partial charge in [-0.25, -0.2) is 4.39 Å². The molecule has 2 N–H and O–H groups in total. The number of amides is 1. The SMILES string of the molecule is COCC(C)SNc1cccc(C(=O)Nc2ccc(F)c(Cl)c2)c1. The molecule has 0 aliphatic heterocycles. The minimum absolute atomic E-state index is 0.0354. The molecule has 1 atom stereocenters. The second-order valence-electron chi connectivity index (χ2n) is 5.15. The second kappa shape index (κ2) is 8.92. The topological polar surface area (TPSA) is 50.4 Å². The van der Waals surface area contributed by atoms with E-state index in [-0.39, 0.29) is 16.2 Å². The number of hydrogen-bond acceptors (Lipinski definition) is 4. The molecule has 0 saturated carbocycles. The Kier molecular flexibility index (Phi) is 6.90. The third-order valence-corrected chi connectivity index (χ3v) is 4.26. The lowest BCUT2D eigenvalue weighted by molar-refractivity contribution is 0.102. The van der Waals surface area contributed by atoms with Crippen molar-refractivity contribution in [3.63, 3.8) is 0 Å².